The van der Waals surface area contributed by atoms with Crippen molar-refractivity contribution in [3.8, 4) is 0 Å². The van der Waals surface area contributed by atoms with Crippen LogP contribution >= 0.6 is 0 Å². The van der Waals surface area contributed by atoms with E-state index in [1.54, 1.807) is 0 Å². The average molecular weight is 264 g/mol. The Bertz CT molecular complexity index is 373. The second-order valence-corrected chi connectivity index (χ2v) is 6.48. The zero-order chi connectivity index (χ0) is 14.6. The highest BCUT2D eigenvalue weighted by molar-refractivity contribution is 5.29. The summed E-state index contributed by atoms with van der Waals surface area (Å²) in [5, 5.41) is 10.5. The number of rotatable bonds is 5. The van der Waals surface area contributed by atoms with E-state index < -0.39 is 6.10 Å². The summed E-state index contributed by atoms with van der Waals surface area (Å²) in [7, 11) is 0. The van der Waals surface area contributed by atoms with Crippen molar-refractivity contribution in [1.29, 1.82) is 0 Å². The third-order valence-electron chi connectivity index (χ3n) is 3.45. The van der Waals surface area contributed by atoms with Gasteiger partial charge >= 0.3 is 0 Å². The second kappa shape index (κ2) is 6.53. The molecule has 2 atom stereocenters. The van der Waals surface area contributed by atoms with Gasteiger partial charge in [-0.2, -0.15) is 0 Å². The lowest BCUT2D eigenvalue weighted by atomic mass is 9.85. The van der Waals surface area contributed by atoms with Crippen molar-refractivity contribution in [2.45, 2.75) is 59.2 Å². The molecular weight excluding hydrogens is 236 g/mol. The molecule has 1 aromatic carbocycles. The van der Waals surface area contributed by atoms with E-state index in [1.165, 1.54) is 5.56 Å². The van der Waals surface area contributed by atoms with Gasteiger partial charge in [-0.1, -0.05) is 58.9 Å². The first kappa shape index (κ1) is 16.2. The molecule has 0 fully saturated rings. The topological polar surface area (TPSA) is 29.5 Å². The van der Waals surface area contributed by atoms with Crippen molar-refractivity contribution in [1.82, 2.24) is 0 Å². The Kier molecular flexibility index (Phi) is 5.57. The highest BCUT2D eigenvalue weighted by Gasteiger charge is 2.25. The number of ether oxygens (including phenoxy) is 1. The minimum absolute atomic E-state index is 0.140. The van der Waals surface area contributed by atoms with Crippen LogP contribution in [0.5, 0.6) is 0 Å². The van der Waals surface area contributed by atoms with E-state index in [0.717, 1.165) is 5.56 Å². The number of hydrogen-bond acceptors (Lipinski definition) is 2. The van der Waals surface area contributed by atoms with E-state index in [-0.39, 0.29) is 17.4 Å². The summed E-state index contributed by atoms with van der Waals surface area (Å²) in [5.41, 5.74) is 2.35. The van der Waals surface area contributed by atoms with Crippen LogP contribution in [-0.2, 0) is 10.2 Å². The normalized spacial score (nSPS) is 15.6. The molecule has 2 unspecified atom stereocenters. The highest BCUT2D eigenvalue weighted by Crippen LogP contribution is 2.28. The lowest BCUT2D eigenvalue weighted by Crippen LogP contribution is -2.28. The zero-order valence-electron chi connectivity index (χ0n) is 13.1. The maximum atomic E-state index is 10.5. The Labute approximate surface area is 117 Å². The van der Waals surface area contributed by atoms with Crippen molar-refractivity contribution < 1.29 is 9.84 Å². The third kappa shape index (κ3) is 4.32. The molecule has 0 heterocycles. The Balaban J connectivity index is 2.90. The Hall–Kier alpha value is -0.860. The van der Waals surface area contributed by atoms with Gasteiger partial charge in [-0.3, -0.25) is 0 Å². The Morgan fingerprint density at radius 1 is 1.11 bits per heavy atom. The summed E-state index contributed by atoms with van der Waals surface area (Å²) in [6.07, 6.45) is -0.709. The van der Waals surface area contributed by atoms with Crippen molar-refractivity contribution >= 4 is 0 Å². The molecule has 19 heavy (non-hydrogen) atoms. The van der Waals surface area contributed by atoms with E-state index in [2.05, 4.69) is 46.8 Å². The minimum atomic E-state index is -0.561. The molecule has 0 radical (unpaired) electrons. The van der Waals surface area contributed by atoms with Crippen LogP contribution < -0.4 is 0 Å². The summed E-state index contributed by atoms with van der Waals surface area (Å²) >= 11 is 0. The van der Waals surface area contributed by atoms with E-state index in [1.807, 2.05) is 19.1 Å². The molecule has 0 aliphatic rings. The van der Waals surface area contributed by atoms with Gasteiger partial charge in [-0.05, 0) is 29.4 Å². The van der Waals surface area contributed by atoms with Crippen LogP contribution in [0.15, 0.2) is 24.3 Å². The van der Waals surface area contributed by atoms with Crippen LogP contribution in [0.1, 0.15) is 58.8 Å². The Morgan fingerprint density at radius 3 is 2.00 bits per heavy atom. The largest absolute Gasteiger partial charge is 0.386 e. The quantitative estimate of drug-likeness (QED) is 0.868. The molecule has 2 nitrogen and oxygen atoms in total. The minimum Gasteiger partial charge on any atom is -0.386 e. The average Bonchev–Trinajstić information content (AvgIpc) is 2.34. The molecule has 0 spiro atoms. The van der Waals surface area contributed by atoms with Gasteiger partial charge in [0.05, 0.1) is 6.10 Å². The van der Waals surface area contributed by atoms with E-state index in [0.29, 0.717) is 6.61 Å². The van der Waals surface area contributed by atoms with Crippen LogP contribution in [0.2, 0.25) is 0 Å². The van der Waals surface area contributed by atoms with Crippen LogP contribution in [0.3, 0.4) is 0 Å². The van der Waals surface area contributed by atoms with Crippen LogP contribution in [0, 0.1) is 5.92 Å². The predicted octanol–water partition coefficient (Wildman–Crippen LogP) is 4.08. The molecule has 2 heteroatoms. The predicted molar refractivity (Wildman–Crippen MR) is 80.4 cm³/mol. The summed E-state index contributed by atoms with van der Waals surface area (Å²) in [6, 6.07) is 8.23. The van der Waals surface area contributed by atoms with Gasteiger partial charge in [-0.25, -0.2) is 0 Å². The lowest BCUT2D eigenvalue weighted by molar-refractivity contribution is -0.0585. The van der Waals surface area contributed by atoms with E-state index >= 15 is 0 Å². The van der Waals surface area contributed by atoms with Gasteiger partial charge in [0.25, 0.3) is 0 Å². The number of aliphatic hydroxyl groups is 1. The summed E-state index contributed by atoms with van der Waals surface area (Å²) in [5.74, 6) is 0.289. The first-order valence-corrected chi connectivity index (χ1v) is 7.17. The first-order valence-electron chi connectivity index (χ1n) is 7.17. The lowest BCUT2D eigenvalue weighted by Gasteiger charge is -2.27. The van der Waals surface area contributed by atoms with Crippen molar-refractivity contribution in [3.63, 3.8) is 0 Å². The smallest absolute Gasteiger partial charge is 0.105 e. The van der Waals surface area contributed by atoms with Crippen LogP contribution in [0.4, 0.5) is 0 Å². The SMILES string of the molecule is CCOC(C(C)C)C(O)c1ccc(C(C)(C)C)cc1. The fourth-order valence-electron chi connectivity index (χ4n) is 2.21. The molecule has 0 saturated heterocycles. The summed E-state index contributed by atoms with van der Waals surface area (Å²) < 4.78 is 5.67. The molecule has 1 N–H and O–H groups in total. The Morgan fingerprint density at radius 2 is 1.63 bits per heavy atom. The highest BCUT2D eigenvalue weighted by atomic mass is 16.5. The molecule has 1 aromatic rings. The first-order chi connectivity index (χ1) is 8.77. The van der Waals surface area contributed by atoms with Gasteiger partial charge in [0.1, 0.15) is 6.10 Å². The zero-order valence-corrected chi connectivity index (χ0v) is 13.1. The molecule has 108 valence electrons. The standard InChI is InChI=1S/C17H28O2/c1-7-19-16(12(2)3)15(18)13-8-10-14(11-9-13)17(4,5)6/h8-12,15-16,18H,7H2,1-6H3. The van der Waals surface area contributed by atoms with Crippen LogP contribution in [0.25, 0.3) is 0 Å². The van der Waals surface area contributed by atoms with Gasteiger partial charge < -0.3 is 9.84 Å². The number of hydrogen-bond donors (Lipinski definition) is 1. The van der Waals surface area contributed by atoms with Gasteiger partial charge in [0.15, 0.2) is 0 Å². The molecule has 0 saturated carbocycles. The monoisotopic (exact) mass is 264 g/mol. The van der Waals surface area contributed by atoms with E-state index in [9.17, 15) is 5.11 Å². The molecular formula is C17H28O2. The summed E-state index contributed by atoms with van der Waals surface area (Å²) in [6.45, 7) is 13.3. The molecule has 1 rings (SSSR count). The maximum Gasteiger partial charge on any atom is 0.105 e. The van der Waals surface area contributed by atoms with Gasteiger partial charge in [0.2, 0.25) is 0 Å². The molecule has 0 aromatic heterocycles. The van der Waals surface area contributed by atoms with Gasteiger partial charge in [0, 0.05) is 6.61 Å². The fourth-order valence-corrected chi connectivity index (χ4v) is 2.21. The molecule has 0 aliphatic heterocycles. The number of benzene rings is 1. The van der Waals surface area contributed by atoms with Crippen molar-refractivity contribution in [2.75, 3.05) is 6.61 Å². The third-order valence-corrected chi connectivity index (χ3v) is 3.45. The van der Waals surface area contributed by atoms with E-state index in [4.69, 9.17) is 4.74 Å². The molecule has 0 amide bonds. The van der Waals surface area contributed by atoms with Crippen LogP contribution in [-0.4, -0.2) is 17.8 Å². The summed E-state index contributed by atoms with van der Waals surface area (Å²) in [4.78, 5) is 0. The van der Waals surface area contributed by atoms with Crippen molar-refractivity contribution in [3.05, 3.63) is 35.4 Å². The molecule has 0 bridgehead atoms. The number of aliphatic hydroxyl groups excluding tert-OH is 1. The molecule has 0 aliphatic carbocycles. The fraction of sp³-hybridized carbons (Fsp3) is 0.647. The second-order valence-electron chi connectivity index (χ2n) is 6.48. The van der Waals surface area contributed by atoms with Crippen molar-refractivity contribution in [2.24, 2.45) is 5.92 Å². The van der Waals surface area contributed by atoms with Gasteiger partial charge in [-0.15, -0.1) is 0 Å². The maximum absolute atomic E-state index is 10.5.